The molecule has 0 atom stereocenters. The highest BCUT2D eigenvalue weighted by Gasteiger charge is 2.35. The van der Waals surface area contributed by atoms with Gasteiger partial charge in [0.05, 0.1) is 27.1 Å². The standard InChI is InChI=1S/C25H20ClF3N2O3S/c1-2-35(32,33)21-13-9-18(10-14-21)17-7-11-20(12-8-17)34-16-19-15-24(25(27,28)29)30-31(19)23-6-4-3-5-22(23)26/h3-15H,2,16H2,1H3. The van der Waals surface area contributed by atoms with Crippen molar-refractivity contribution in [2.45, 2.75) is 24.6 Å². The Labute approximate surface area is 205 Å². The van der Waals surface area contributed by atoms with Gasteiger partial charge in [0.15, 0.2) is 15.5 Å². The Morgan fingerprint density at radius 3 is 2.11 bits per heavy atom. The van der Waals surface area contributed by atoms with Crippen molar-refractivity contribution in [1.82, 2.24) is 9.78 Å². The molecule has 0 saturated heterocycles. The van der Waals surface area contributed by atoms with Crippen LogP contribution in [0.15, 0.2) is 83.8 Å². The molecule has 4 aromatic rings. The van der Waals surface area contributed by atoms with E-state index in [1.807, 2.05) is 0 Å². The molecule has 4 rings (SSSR count). The van der Waals surface area contributed by atoms with Crippen molar-refractivity contribution in [2.24, 2.45) is 0 Å². The maximum absolute atomic E-state index is 13.3. The molecule has 0 aliphatic carbocycles. The van der Waals surface area contributed by atoms with Gasteiger partial charge in [-0.25, -0.2) is 13.1 Å². The highest BCUT2D eigenvalue weighted by atomic mass is 35.5. The Hall–Kier alpha value is -3.30. The maximum atomic E-state index is 13.3. The molecular weight excluding hydrogens is 501 g/mol. The van der Waals surface area contributed by atoms with Crippen LogP contribution in [0.5, 0.6) is 5.75 Å². The smallest absolute Gasteiger partial charge is 0.435 e. The van der Waals surface area contributed by atoms with Crippen LogP contribution in [0.3, 0.4) is 0 Å². The largest absolute Gasteiger partial charge is 0.487 e. The molecule has 0 bridgehead atoms. The van der Waals surface area contributed by atoms with E-state index in [2.05, 4.69) is 5.10 Å². The van der Waals surface area contributed by atoms with Crippen molar-refractivity contribution in [3.63, 3.8) is 0 Å². The van der Waals surface area contributed by atoms with Crippen molar-refractivity contribution in [3.05, 3.63) is 95.3 Å². The first-order valence-electron chi connectivity index (χ1n) is 10.6. The van der Waals surface area contributed by atoms with Crippen LogP contribution in [0, 0.1) is 0 Å². The van der Waals surface area contributed by atoms with Gasteiger partial charge in [-0.05, 0) is 53.6 Å². The zero-order chi connectivity index (χ0) is 25.2. The Bertz CT molecular complexity index is 1430. The summed E-state index contributed by atoms with van der Waals surface area (Å²) in [4.78, 5) is 0.261. The van der Waals surface area contributed by atoms with Gasteiger partial charge < -0.3 is 4.74 Å². The predicted molar refractivity (Wildman–Crippen MR) is 128 cm³/mol. The van der Waals surface area contributed by atoms with E-state index in [1.165, 1.54) is 0 Å². The van der Waals surface area contributed by atoms with Gasteiger partial charge in [0, 0.05) is 0 Å². The summed E-state index contributed by atoms with van der Waals surface area (Å²) in [5, 5.41) is 3.95. The minimum atomic E-state index is -4.62. The van der Waals surface area contributed by atoms with Crippen LogP contribution >= 0.6 is 11.6 Å². The van der Waals surface area contributed by atoms with Crippen LogP contribution in [0.4, 0.5) is 13.2 Å². The molecule has 0 fully saturated rings. The van der Waals surface area contributed by atoms with Crippen molar-refractivity contribution in [1.29, 1.82) is 0 Å². The number of rotatable bonds is 7. The minimum Gasteiger partial charge on any atom is -0.487 e. The highest BCUT2D eigenvalue weighted by molar-refractivity contribution is 7.91. The van der Waals surface area contributed by atoms with Crippen LogP contribution < -0.4 is 4.74 Å². The predicted octanol–water partition coefficient (Wildman–Crippen LogP) is 6.58. The molecule has 10 heteroatoms. The number of hydrogen-bond acceptors (Lipinski definition) is 4. The van der Waals surface area contributed by atoms with E-state index < -0.39 is 21.7 Å². The highest BCUT2D eigenvalue weighted by Crippen LogP contribution is 2.31. The van der Waals surface area contributed by atoms with Gasteiger partial charge in [-0.3, -0.25) is 0 Å². The SMILES string of the molecule is CCS(=O)(=O)c1ccc(-c2ccc(OCc3cc(C(F)(F)F)nn3-c3ccccc3Cl)cc2)cc1. The monoisotopic (exact) mass is 520 g/mol. The van der Waals surface area contributed by atoms with Gasteiger partial charge in [0.1, 0.15) is 12.4 Å². The van der Waals surface area contributed by atoms with Crippen LogP contribution in [-0.4, -0.2) is 24.0 Å². The van der Waals surface area contributed by atoms with E-state index in [1.54, 1.807) is 79.7 Å². The van der Waals surface area contributed by atoms with E-state index in [9.17, 15) is 21.6 Å². The molecule has 3 aromatic carbocycles. The van der Waals surface area contributed by atoms with Gasteiger partial charge in [-0.1, -0.05) is 54.9 Å². The lowest BCUT2D eigenvalue weighted by Gasteiger charge is -2.11. The normalized spacial score (nSPS) is 12.0. The van der Waals surface area contributed by atoms with E-state index in [0.717, 1.165) is 21.9 Å². The first-order chi connectivity index (χ1) is 16.6. The van der Waals surface area contributed by atoms with Gasteiger partial charge in [0.25, 0.3) is 0 Å². The summed E-state index contributed by atoms with van der Waals surface area (Å²) in [6.07, 6.45) is -4.62. The van der Waals surface area contributed by atoms with E-state index in [0.29, 0.717) is 11.4 Å². The van der Waals surface area contributed by atoms with Crippen LogP contribution in [0.2, 0.25) is 5.02 Å². The van der Waals surface area contributed by atoms with Crippen LogP contribution in [0.1, 0.15) is 18.3 Å². The minimum absolute atomic E-state index is 0.0260. The summed E-state index contributed by atoms with van der Waals surface area (Å²) in [6, 6.07) is 20.9. The number of alkyl halides is 3. The molecule has 5 nitrogen and oxygen atoms in total. The summed E-state index contributed by atoms with van der Waals surface area (Å²) in [5.41, 5.74) is 1.10. The first-order valence-corrected chi connectivity index (χ1v) is 12.6. The molecule has 0 saturated carbocycles. The zero-order valence-corrected chi connectivity index (χ0v) is 20.0. The van der Waals surface area contributed by atoms with Gasteiger partial charge in [0.2, 0.25) is 0 Å². The molecule has 0 aliphatic rings. The average molecular weight is 521 g/mol. The van der Waals surface area contributed by atoms with E-state index in [-0.39, 0.29) is 28.0 Å². The molecule has 1 aromatic heterocycles. The number of nitrogens with zero attached hydrogens (tertiary/aromatic N) is 2. The molecule has 0 N–H and O–H groups in total. The number of benzene rings is 3. The van der Waals surface area contributed by atoms with Crippen molar-refractivity contribution in [2.75, 3.05) is 5.75 Å². The van der Waals surface area contributed by atoms with Gasteiger partial charge in [-0.15, -0.1) is 0 Å². The Kier molecular flexibility index (Phi) is 6.91. The quantitative estimate of drug-likeness (QED) is 0.276. The second-order valence-electron chi connectivity index (χ2n) is 7.62. The average Bonchev–Trinajstić information content (AvgIpc) is 3.28. The Morgan fingerprint density at radius 2 is 1.54 bits per heavy atom. The number of hydrogen-bond donors (Lipinski definition) is 0. The topological polar surface area (TPSA) is 61.2 Å². The van der Waals surface area contributed by atoms with Crippen molar-refractivity contribution >= 4 is 21.4 Å². The number of halogens is 4. The van der Waals surface area contributed by atoms with E-state index >= 15 is 0 Å². The summed E-state index contributed by atoms with van der Waals surface area (Å²) in [5.74, 6) is 0.470. The molecule has 182 valence electrons. The third-order valence-electron chi connectivity index (χ3n) is 5.32. The molecule has 0 spiro atoms. The molecule has 0 aliphatic heterocycles. The lowest BCUT2D eigenvalue weighted by Crippen LogP contribution is -2.08. The van der Waals surface area contributed by atoms with Gasteiger partial charge in [-0.2, -0.15) is 18.3 Å². The Balaban J connectivity index is 1.54. The molecular formula is C25H20ClF3N2O3S. The Morgan fingerprint density at radius 1 is 0.943 bits per heavy atom. The third-order valence-corrected chi connectivity index (χ3v) is 7.39. The zero-order valence-electron chi connectivity index (χ0n) is 18.5. The fourth-order valence-corrected chi connectivity index (χ4v) is 4.52. The third kappa shape index (κ3) is 5.52. The number of ether oxygens (including phenoxy) is 1. The molecule has 1 heterocycles. The number of sulfone groups is 1. The molecule has 0 unspecified atom stereocenters. The fraction of sp³-hybridized carbons (Fsp3) is 0.160. The first kappa shape index (κ1) is 24.8. The summed E-state index contributed by atoms with van der Waals surface area (Å²) < 4.78 is 70.7. The fourth-order valence-electron chi connectivity index (χ4n) is 3.42. The molecule has 0 radical (unpaired) electrons. The molecule has 0 amide bonds. The lowest BCUT2D eigenvalue weighted by molar-refractivity contribution is -0.141. The van der Waals surface area contributed by atoms with Crippen molar-refractivity contribution < 1.29 is 26.3 Å². The molecule has 35 heavy (non-hydrogen) atoms. The van der Waals surface area contributed by atoms with Crippen LogP contribution in [-0.2, 0) is 22.6 Å². The second kappa shape index (κ2) is 9.75. The summed E-state index contributed by atoms with van der Waals surface area (Å²) in [7, 11) is -3.28. The maximum Gasteiger partial charge on any atom is 0.435 e. The van der Waals surface area contributed by atoms with E-state index in [4.69, 9.17) is 16.3 Å². The summed E-state index contributed by atoms with van der Waals surface area (Å²) in [6.45, 7) is 1.42. The number of para-hydroxylation sites is 1. The lowest BCUT2D eigenvalue weighted by atomic mass is 10.1. The van der Waals surface area contributed by atoms with Crippen LogP contribution in [0.25, 0.3) is 16.8 Å². The summed E-state index contributed by atoms with van der Waals surface area (Å²) >= 11 is 6.17. The van der Waals surface area contributed by atoms with Gasteiger partial charge >= 0.3 is 6.18 Å². The number of aromatic nitrogens is 2. The van der Waals surface area contributed by atoms with Crippen molar-refractivity contribution in [3.8, 4) is 22.6 Å². The second-order valence-corrected chi connectivity index (χ2v) is 10.3.